The highest BCUT2D eigenvalue weighted by Gasteiger charge is 2.30. The molecule has 29 heavy (non-hydrogen) atoms. The minimum absolute atomic E-state index is 0.0330. The Kier molecular flexibility index (Phi) is 6.56. The van der Waals surface area contributed by atoms with E-state index in [-0.39, 0.29) is 30.5 Å². The lowest BCUT2D eigenvalue weighted by Crippen LogP contribution is -2.31. The molecule has 0 saturated heterocycles. The van der Waals surface area contributed by atoms with Crippen molar-refractivity contribution in [3.8, 4) is 17.1 Å². The standard InChI is InChI=1S/C22H27NO6/c1-13(2)27-22(26)16-5-4-6-18(11-16)28-17-9-7-15(8-10-17)21-19(12-20(24)25)14(3)23-29-21/h7-10,13,16,18H,4-6,11-12H2,1-3H3,(H,24,25)/t16?,18-/m0/s1. The molecule has 1 aliphatic carbocycles. The summed E-state index contributed by atoms with van der Waals surface area (Å²) in [5.41, 5.74) is 1.89. The lowest BCUT2D eigenvalue weighted by atomic mass is 9.87. The smallest absolute Gasteiger partial charge is 0.309 e. The molecule has 1 unspecified atom stereocenters. The number of nitrogens with zero attached hydrogens (tertiary/aromatic N) is 1. The topological polar surface area (TPSA) is 98.9 Å². The van der Waals surface area contributed by atoms with E-state index in [0.717, 1.165) is 24.8 Å². The van der Waals surface area contributed by atoms with Crippen LogP contribution in [-0.2, 0) is 20.7 Å². The summed E-state index contributed by atoms with van der Waals surface area (Å²) in [6.07, 6.45) is 3.03. The van der Waals surface area contributed by atoms with Gasteiger partial charge in [-0.15, -0.1) is 0 Å². The number of carbonyl (C=O) groups is 2. The molecule has 7 heteroatoms. The molecule has 1 heterocycles. The number of rotatable bonds is 7. The van der Waals surface area contributed by atoms with E-state index in [2.05, 4.69) is 5.16 Å². The van der Waals surface area contributed by atoms with E-state index in [1.54, 1.807) is 6.92 Å². The van der Waals surface area contributed by atoms with Crippen LogP contribution in [-0.4, -0.2) is 34.4 Å². The van der Waals surface area contributed by atoms with Crippen molar-refractivity contribution in [2.45, 2.75) is 65.1 Å². The zero-order chi connectivity index (χ0) is 21.0. The molecule has 1 saturated carbocycles. The number of carboxylic acid groups (broad SMARTS) is 1. The number of esters is 1. The summed E-state index contributed by atoms with van der Waals surface area (Å²) >= 11 is 0. The number of aromatic nitrogens is 1. The fraction of sp³-hybridized carbons (Fsp3) is 0.500. The summed E-state index contributed by atoms with van der Waals surface area (Å²) in [5.74, 6) is -0.0277. The maximum atomic E-state index is 12.2. The molecule has 1 aromatic carbocycles. The molecule has 0 bridgehead atoms. The van der Waals surface area contributed by atoms with Gasteiger partial charge in [0, 0.05) is 11.1 Å². The molecule has 1 aliphatic rings. The highest BCUT2D eigenvalue weighted by atomic mass is 16.5. The number of hydrogen-bond acceptors (Lipinski definition) is 6. The van der Waals surface area contributed by atoms with Crippen LogP contribution >= 0.6 is 0 Å². The van der Waals surface area contributed by atoms with Gasteiger partial charge in [-0.3, -0.25) is 9.59 Å². The molecule has 0 spiro atoms. The van der Waals surface area contributed by atoms with Crippen molar-refractivity contribution in [3.63, 3.8) is 0 Å². The van der Waals surface area contributed by atoms with Gasteiger partial charge < -0.3 is 19.1 Å². The molecular weight excluding hydrogens is 374 g/mol. The Bertz CT molecular complexity index is 855. The minimum Gasteiger partial charge on any atom is -0.490 e. The first kappa shape index (κ1) is 20.9. The third-order valence-electron chi connectivity index (χ3n) is 5.04. The first-order valence-corrected chi connectivity index (χ1v) is 9.98. The van der Waals surface area contributed by atoms with Gasteiger partial charge in [-0.25, -0.2) is 0 Å². The van der Waals surface area contributed by atoms with E-state index in [4.69, 9.17) is 19.1 Å². The largest absolute Gasteiger partial charge is 0.490 e. The Hall–Kier alpha value is -2.83. The Morgan fingerprint density at radius 1 is 1.24 bits per heavy atom. The van der Waals surface area contributed by atoms with Gasteiger partial charge in [0.05, 0.1) is 30.2 Å². The van der Waals surface area contributed by atoms with Gasteiger partial charge in [-0.1, -0.05) is 5.16 Å². The Morgan fingerprint density at radius 2 is 1.97 bits per heavy atom. The molecule has 0 aliphatic heterocycles. The van der Waals surface area contributed by atoms with E-state index >= 15 is 0 Å². The summed E-state index contributed by atoms with van der Waals surface area (Å²) in [5, 5.41) is 13.0. The Labute approximate surface area is 170 Å². The second-order valence-corrected chi connectivity index (χ2v) is 7.76. The van der Waals surface area contributed by atoms with Crippen molar-refractivity contribution in [2.24, 2.45) is 5.92 Å². The summed E-state index contributed by atoms with van der Waals surface area (Å²) in [7, 11) is 0. The van der Waals surface area contributed by atoms with Gasteiger partial charge in [0.15, 0.2) is 5.76 Å². The molecule has 2 atom stereocenters. The second-order valence-electron chi connectivity index (χ2n) is 7.76. The van der Waals surface area contributed by atoms with Crippen molar-refractivity contribution in [3.05, 3.63) is 35.5 Å². The number of benzene rings is 1. The predicted octanol–water partition coefficient (Wildman–Crippen LogP) is 4.17. The van der Waals surface area contributed by atoms with E-state index < -0.39 is 5.97 Å². The lowest BCUT2D eigenvalue weighted by Gasteiger charge is -2.29. The van der Waals surface area contributed by atoms with Crippen molar-refractivity contribution in [2.75, 3.05) is 0 Å². The van der Waals surface area contributed by atoms with Crippen LogP contribution in [0.2, 0.25) is 0 Å². The van der Waals surface area contributed by atoms with Crippen LogP contribution in [0.1, 0.15) is 50.8 Å². The predicted molar refractivity (Wildman–Crippen MR) is 106 cm³/mol. The van der Waals surface area contributed by atoms with Crippen LogP contribution in [0.4, 0.5) is 0 Å². The molecule has 0 amide bonds. The lowest BCUT2D eigenvalue weighted by molar-refractivity contribution is -0.154. The average molecular weight is 401 g/mol. The van der Waals surface area contributed by atoms with Gasteiger partial charge in [0.25, 0.3) is 0 Å². The molecule has 3 rings (SSSR count). The van der Waals surface area contributed by atoms with E-state index in [1.807, 2.05) is 38.1 Å². The van der Waals surface area contributed by atoms with Crippen molar-refractivity contribution in [1.82, 2.24) is 5.16 Å². The fourth-order valence-corrected chi connectivity index (χ4v) is 3.65. The monoisotopic (exact) mass is 401 g/mol. The summed E-state index contributed by atoms with van der Waals surface area (Å²) < 4.78 is 16.8. The summed E-state index contributed by atoms with van der Waals surface area (Å²) in [6, 6.07) is 7.31. The second kappa shape index (κ2) is 9.11. The fourth-order valence-electron chi connectivity index (χ4n) is 3.65. The van der Waals surface area contributed by atoms with Gasteiger partial charge >= 0.3 is 11.9 Å². The highest BCUT2D eigenvalue weighted by molar-refractivity contribution is 5.75. The molecule has 1 N–H and O–H groups in total. The third kappa shape index (κ3) is 5.37. The van der Waals surface area contributed by atoms with Crippen molar-refractivity contribution < 1.29 is 28.7 Å². The SMILES string of the molecule is Cc1noc(-c2ccc(O[C@H]3CCCC(C(=O)OC(C)C)C3)cc2)c1CC(=O)O. The van der Waals surface area contributed by atoms with E-state index in [0.29, 0.717) is 29.2 Å². The Balaban J connectivity index is 1.65. The van der Waals surface area contributed by atoms with Gasteiger partial charge in [-0.05, 0) is 70.7 Å². The number of carboxylic acids is 1. The van der Waals surface area contributed by atoms with Crippen LogP contribution in [0, 0.1) is 12.8 Å². The minimum atomic E-state index is -0.930. The zero-order valence-electron chi connectivity index (χ0n) is 17.0. The number of hydrogen-bond donors (Lipinski definition) is 1. The molecule has 1 aromatic heterocycles. The maximum absolute atomic E-state index is 12.2. The first-order chi connectivity index (χ1) is 13.8. The number of ether oxygens (including phenoxy) is 2. The normalized spacial score (nSPS) is 19.2. The van der Waals surface area contributed by atoms with Crippen molar-refractivity contribution in [1.29, 1.82) is 0 Å². The van der Waals surface area contributed by atoms with E-state index in [1.165, 1.54) is 0 Å². The van der Waals surface area contributed by atoms with Gasteiger partial charge in [0.1, 0.15) is 5.75 Å². The van der Waals surface area contributed by atoms with Crippen LogP contribution in [0.5, 0.6) is 5.75 Å². The maximum Gasteiger partial charge on any atom is 0.309 e. The molecular formula is C22H27NO6. The third-order valence-corrected chi connectivity index (χ3v) is 5.04. The van der Waals surface area contributed by atoms with Gasteiger partial charge in [-0.2, -0.15) is 0 Å². The average Bonchev–Trinajstić information content (AvgIpc) is 3.02. The van der Waals surface area contributed by atoms with Crippen LogP contribution < -0.4 is 4.74 Å². The molecule has 2 aromatic rings. The zero-order valence-corrected chi connectivity index (χ0v) is 17.0. The Morgan fingerprint density at radius 3 is 2.62 bits per heavy atom. The number of aliphatic carboxylic acids is 1. The first-order valence-electron chi connectivity index (χ1n) is 9.98. The number of aryl methyl sites for hydroxylation is 1. The molecule has 0 radical (unpaired) electrons. The van der Waals surface area contributed by atoms with Gasteiger partial charge in [0.2, 0.25) is 0 Å². The quantitative estimate of drug-likeness (QED) is 0.695. The molecule has 1 fully saturated rings. The highest BCUT2D eigenvalue weighted by Crippen LogP contribution is 2.31. The number of carbonyl (C=O) groups excluding carboxylic acids is 1. The summed E-state index contributed by atoms with van der Waals surface area (Å²) in [6.45, 7) is 5.44. The summed E-state index contributed by atoms with van der Waals surface area (Å²) in [4.78, 5) is 23.3. The van der Waals surface area contributed by atoms with Crippen LogP contribution in [0.15, 0.2) is 28.8 Å². The van der Waals surface area contributed by atoms with E-state index in [9.17, 15) is 9.59 Å². The molecule has 156 valence electrons. The van der Waals surface area contributed by atoms with Crippen LogP contribution in [0.25, 0.3) is 11.3 Å². The van der Waals surface area contributed by atoms with Crippen molar-refractivity contribution >= 4 is 11.9 Å². The van der Waals surface area contributed by atoms with Crippen LogP contribution in [0.3, 0.4) is 0 Å². The molecule has 7 nitrogen and oxygen atoms in total.